The number of halogens is 1. The van der Waals surface area contributed by atoms with Crippen LogP contribution < -0.4 is 21.5 Å². The molecular weight excluding hydrogens is 268 g/mol. The van der Waals surface area contributed by atoms with Crippen LogP contribution in [0.5, 0.6) is 0 Å². The third-order valence-corrected chi connectivity index (χ3v) is 2.59. The Balaban J connectivity index is 2.55. The fourth-order valence-corrected chi connectivity index (χ4v) is 1.68. The normalized spacial score (nSPS) is 10.3. The molecule has 0 saturated carbocycles. The molecule has 0 aliphatic heterocycles. The lowest BCUT2D eigenvalue weighted by Gasteiger charge is -2.14. The Hall–Kier alpha value is -2.28. The maximum Gasteiger partial charge on any atom is 0.330 e. The van der Waals surface area contributed by atoms with Gasteiger partial charge in [-0.25, -0.2) is 9.78 Å². The first-order valence-electron chi connectivity index (χ1n) is 5.43. The van der Waals surface area contributed by atoms with Gasteiger partial charge in [-0.1, -0.05) is 11.6 Å². The lowest BCUT2D eigenvalue weighted by atomic mass is 10.2. The molecule has 1 aromatic carbocycles. The smallest absolute Gasteiger partial charge is 0.330 e. The van der Waals surface area contributed by atoms with Gasteiger partial charge in [0.05, 0.1) is 5.52 Å². The molecule has 8 heteroatoms. The van der Waals surface area contributed by atoms with Crippen molar-refractivity contribution in [3.05, 3.63) is 23.2 Å². The van der Waals surface area contributed by atoms with Crippen LogP contribution in [-0.4, -0.2) is 30.1 Å². The average molecular weight is 281 g/mol. The van der Waals surface area contributed by atoms with Crippen LogP contribution in [-0.2, 0) is 0 Å². The predicted octanol–water partition coefficient (Wildman–Crippen LogP) is 1.34. The highest BCUT2D eigenvalue weighted by Gasteiger charge is 2.10. The molecule has 0 radical (unpaired) electrons. The molecule has 4 N–H and O–H groups in total. The summed E-state index contributed by atoms with van der Waals surface area (Å²) < 4.78 is 0. The van der Waals surface area contributed by atoms with Crippen LogP contribution in [0, 0.1) is 0 Å². The quantitative estimate of drug-likeness (QED) is 0.738. The molecule has 2 rings (SSSR count). The number of benzene rings is 1. The fourth-order valence-electron chi connectivity index (χ4n) is 1.50. The molecule has 0 aliphatic carbocycles. The first-order valence-corrected chi connectivity index (χ1v) is 5.81. The highest BCUT2D eigenvalue weighted by Crippen LogP contribution is 2.25. The Labute approximate surface area is 114 Å². The first-order chi connectivity index (χ1) is 8.97. The molecule has 0 aliphatic rings. The van der Waals surface area contributed by atoms with Gasteiger partial charge < -0.3 is 10.6 Å². The number of hydrazine groups is 1. The summed E-state index contributed by atoms with van der Waals surface area (Å²) >= 11 is 5.95. The number of urea groups is 1. The van der Waals surface area contributed by atoms with Crippen LogP contribution in [0.3, 0.4) is 0 Å². The van der Waals surface area contributed by atoms with Crippen molar-refractivity contribution >= 4 is 40.3 Å². The second kappa shape index (κ2) is 5.15. The molecule has 0 fully saturated rings. The van der Waals surface area contributed by atoms with Crippen LogP contribution in [0.2, 0.25) is 5.02 Å². The van der Waals surface area contributed by atoms with E-state index in [4.69, 9.17) is 17.3 Å². The van der Waals surface area contributed by atoms with Crippen molar-refractivity contribution in [2.75, 3.05) is 24.4 Å². The number of fused-ring (bicyclic) bond motifs is 1. The summed E-state index contributed by atoms with van der Waals surface area (Å²) in [5.41, 5.74) is 10.7. The molecule has 0 unspecified atom stereocenters. The van der Waals surface area contributed by atoms with Crippen LogP contribution in [0.1, 0.15) is 0 Å². The molecule has 0 spiro atoms. The molecule has 0 saturated heterocycles. The van der Waals surface area contributed by atoms with E-state index in [1.165, 1.54) is 0 Å². The van der Waals surface area contributed by atoms with Crippen LogP contribution in [0.25, 0.3) is 10.9 Å². The Bertz CT molecular complexity index is 630. The van der Waals surface area contributed by atoms with Gasteiger partial charge in [-0.05, 0) is 18.2 Å². The third-order valence-electron chi connectivity index (χ3n) is 2.35. The number of nitrogens with two attached hydrogens (primary N) is 1. The van der Waals surface area contributed by atoms with Gasteiger partial charge in [-0.3, -0.25) is 10.9 Å². The van der Waals surface area contributed by atoms with Gasteiger partial charge in [-0.15, -0.1) is 0 Å². The summed E-state index contributed by atoms with van der Waals surface area (Å²) in [4.78, 5) is 21.2. The average Bonchev–Trinajstić information content (AvgIpc) is 2.35. The SMILES string of the molecule is CN(C)c1nc(NNC(N)=O)c2cc(Cl)ccc2n1. The van der Waals surface area contributed by atoms with Gasteiger partial charge in [-0.2, -0.15) is 4.98 Å². The molecule has 100 valence electrons. The summed E-state index contributed by atoms with van der Waals surface area (Å²) in [6.45, 7) is 0. The number of rotatable bonds is 3. The minimum Gasteiger partial charge on any atom is -0.350 e. The number of hydrogen-bond acceptors (Lipinski definition) is 5. The molecule has 7 nitrogen and oxygen atoms in total. The van der Waals surface area contributed by atoms with Crippen LogP contribution >= 0.6 is 11.6 Å². The number of aromatic nitrogens is 2. The largest absolute Gasteiger partial charge is 0.350 e. The lowest BCUT2D eigenvalue weighted by molar-refractivity contribution is 0.250. The molecule has 1 heterocycles. The van der Waals surface area contributed by atoms with Crippen molar-refractivity contribution in [2.45, 2.75) is 0 Å². The Kier molecular flexibility index (Phi) is 3.57. The minimum absolute atomic E-state index is 0.426. The molecule has 2 aromatic rings. The first kappa shape index (κ1) is 13.2. The Morgan fingerprint density at radius 1 is 1.37 bits per heavy atom. The summed E-state index contributed by atoms with van der Waals surface area (Å²) in [6, 6.07) is 4.52. The number of nitrogens with one attached hydrogen (secondary N) is 2. The molecular formula is C11H13ClN6O. The van der Waals surface area contributed by atoms with Crippen molar-refractivity contribution in [3.63, 3.8) is 0 Å². The number of anilines is 2. The van der Waals surface area contributed by atoms with Crippen molar-refractivity contribution in [1.82, 2.24) is 15.4 Å². The summed E-state index contributed by atoms with van der Waals surface area (Å²) in [5.74, 6) is 0.929. The number of carbonyl (C=O) groups is 1. The zero-order chi connectivity index (χ0) is 14.0. The standard InChI is InChI=1S/C11H13ClN6O/c1-18(2)11-14-8-4-3-6(12)5-7(8)9(15-11)16-17-10(13)19/h3-5H,1-2H3,(H3,13,17,19)(H,14,15,16). The van der Waals surface area contributed by atoms with Crippen molar-refractivity contribution in [1.29, 1.82) is 0 Å². The minimum atomic E-state index is -0.708. The third kappa shape index (κ3) is 2.94. The number of carbonyl (C=O) groups excluding carboxylic acids is 1. The van der Waals surface area contributed by atoms with Gasteiger partial charge >= 0.3 is 6.03 Å². The van der Waals surface area contributed by atoms with E-state index in [0.717, 1.165) is 0 Å². The van der Waals surface area contributed by atoms with Crippen LogP contribution in [0.4, 0.5) is 16.6 Å². The summed E-state index contributed by atoms with van der Waals surface area (Å²) in [6.07, 6.45) is 0. The maximum atomic E-state index is 10.8. The number of primary amides is 1. The predicted molar refractivity (Wildman–Crippen MR) is 75.2 cm³/mol. The van der Waals surface area contributed by atoms with Crippen molar-refractivity contribution in [2.24, 2.45) is 5.73 Å². The van der Waals surface area contributed by atoms with E-state index < -0.39 is 6.03 Å². The Morgan fingerprint density at radius 3 is 2.74 bits per heavy atom. The van der Waals surface area contributed by atoms with Crippen LogP contribution in [0.15, 0.2) is 18.2 Å². The maximum absolute atomic E-state index is 10.8. The number of hydrogen-bond donors (Lipinski definition) is 3. The van der Waals surface area contributed by atoms with E-state index in [9.17, 15) is 4.79 Å². The topological polar surface area (TPSA) is 96.2 Å². The van der Waals surface area contributed by atoms with Gasteiger partial charge in [0.1, 0.15) is 0 Å². The lowest BCUT2D eigenvalue weighted by Crippen LogP contribution is -2.34. The summed E-state index contributed by atoms with van der Waals surface area (Å²) in [5, 5.41) is 1.24. The molecule has 0 bridgehead atoms. The van der Waals surface area contributed by atoms with Gasteiger partial charge in [0.2, 0.25) is 5.95 Å². The van der Waals surface area contributed by atoms with E-state index in [1.807, 2.05) is 14.1 Å². The number of nitrogens with zero attached hydrogens (tertiary/aromatic N) is 3. The van der Waals surface area contributed by atoms with Gasteiger partial charge in [0, 0.05) is 24.5 Å². The van der Waals surface area contributed by atoms with E-state index in [2.05, 4.69) is 20.8 Å². The monoisotopic (exact) mass is 280 g/mol. The van der Waals surface area contributed by atoms with Gasteiger partial charge in [0.15, 0.2) is 5.82 Å². The second-order valence-corrected chi connectivity index (χ2v) is 4.48. The Morgan fingerprint density at radius 2 is 2.11 bits per heavy atom. The molecule has 19 heavy (non-hydrogen) atoms. The summed E-state index contributed by atoms with van der Waals surface area (Å²) in [7, 11) is 3.64. The molecule has 0 atom stereocenters. The van der Waals surface area contributed by atoms with E-state index in [1.54, 1.807) is 23.1 Å². The van der Waals surface area contributed by atoms with Crippen molar-refractivity contribution in [3.8, 4) is 0 Å². The highest BCUT2D eigenvalue weighted by atomic mass is 35.5. The highest BCUT2D eigenvalue weighted by molar-refractivity contribution is 6.31. The van der Waals surface area contributed by atoms with Crippen molar-refractivity contribution < 1.29 is 4.79 Å². The van der Waals surface area contributed by atoms with E-state index in [0.29, 0.717) is 27.7 Å². The van der Waals surface area contributed by atoms with Gasteiger partial charge in [0.25, 0.3) is 0 Å². The molecule has 1 aromatic heterocycles. The fraction of sp³-hybridized carbons (Fsp3) is 0.182. The number of amides is 2. The zero-order valence-corrected chi connectivity index (χ0v) is 11.2. The van der Waals surface area contributed by atoms with E-state index >= 15 is 0 Å². The second-order valence-electron chi connectivity index (χ2n) is 4.04. The molecule has 2 amide bonds. The zero-order valence-electron chi connectivity index (χ0n) is 10.4. The van der Waals surface area contributed by atoms with E-state index in [-0.39, 0.29) is 0 Å².